The number of quaternary nitrogens is 1. The standard InChI is InChI=1S/C14H12BrF3N4O2S/c1-2-25-10-3-7(15)5-20-12(10)22-21-9-4-11(14(16,17)18)19-6-8(9)13(23)24/h3-6H,2H2,1H3,(H,19,21)(H,20,22)(H,23,24)/p+1. The smallest absolute Gasteiger partial charge is 0.433 e. The van der Waals surface area contributed by atoms with E-state index >= 15 is 0 Å². The van der Waals surface area contributed by atoms with E-state index in [4.69, 9.17) is 5.11 Å². The largest absolute Gasteiger partial charge is 0.478 e. The number of anilines is 1. The van der Waals surface area contributed by atoms with E-state index in [-0.39, 0.29) is 11.3 Å². The summed E-state index contributed by atoms with van der Waals surface area (Å²) in [7, 11) is 0. The molecule has 0 aliphatic rings. The van der Waals surface area contributed by atoms with Crippen LogP contribution in [0, 0.1) is 0 Å². The van der Waals surface area contributed by atoms with Crippen molar-refractivity contribution in [1.29, 1.82) is 0 Å². The maximum absolute atomic E-state index is 12.8. The third-order valence-corrected chi connectivity index (χ3v) is 4.30. The summed E-state index contributed by atoms with van der Waals surface area (Å²) in [5, 5.41) is 9.13. The minimum absolute atomic E-state index is 0.216. The van der Waals surface area contributed by atoms with E-state index in [0.717, 1.165) is 15.1 Å². The van der Waals surface area contributed by atoms with Crippen LogP contribution in [-0.4, -0.2) is 26.8 Å². The summed E-state index contributed by atoms with van der Waals surface area (Å²) in [5.41, 5.74) is 2.21. The average Bonchev–Trinajstić information content (AvgIpc) is 2.53. The van der Waals surface area contributed by atoms with Crippen LogP contribution in [0.1, 0.15) is 23.0 Å². The molecular weight excluding hydrogens is 425 g/mol. The fraction of sp³-hybridized carbons (Fsp3) is 0.214. The topological polar surface area (TPSA) is 91.7 Å². The minimum Gasteiger partial charge on any atom is -0.478 e. The molecule has 0 atom stereocenters. The van der Waals surface area contributed by atoms with Gasteiger partial charge in [-0.25, -0.2) is 15.2 Å². The summed E-state index contributed by atoms with van der Waals surface area (Å²) in [4.78, 5) is 19.4. The summed E-state index contributed by atoms with van der Waals surface area (Å²) < 4.78 is 39.2. The number of nitrogen functional groups attached to an aromatic ring is 1. The number of thioether (sulfide) groups is 1. The lowest BCUT2D eigenvalue weighted by atomic mass is 10.2. The van der Waals surface area contributed by atoms with Gasteiger partial charge in [0, 0.05) is 16.9 Å². The second kappa shape index (κ2) is 8.02. The van der Waals surface area contributed by atoms with Crippen LogP contribution < -0.4 is 10.9 Å². The summed E-state index contributed by atoms with van der Waals surface area (Å²) >= 11 is 4.80. The number of halogens is 4. The predicted molar refractivity (Wildman–Crippen MR) is 89.7 cm³/mol. The van der Waals surface area contributed by atoms with Gasteiger partial charge in [-0.3, -0.25) is 4.98 Å². The lowest BCUT2D eigenvalue weighted by molar-refractivity contribution is -0.544. The molecule has 0 saturated heterocycles. The molecule has 0 aromatic carbocycles. The van der Waals surface area contributed by atoms with E-state index in [1.54, 1.807) is 6.20 Å². The number of pyridine rings is 2. The van der Waals surface area contributed by atoms with Crippen LogP contribution in [0.5, 0.6) is 0 Å². The van der Waals surface area contributed by atoms with Gasteiger partial charge in [0.25, 0.3) is 5.82 Å². The maximum atomic E-state index is 12.8. The molecule has 2 aromatic heterocycles. The normalized spacial score (nSPS) is 11.4. The summed E-state index contributed by atoms with van der Waals surface area (Å²) in [6.45, 7) is 1.95. The number of rotatable bonds is 6. The molecule has 0 aliphatic heterocycles. The fourth-order valence-corrected chi connectivity index (χ4v) is 3.12. The van der Waals surface area contributed by atoms with Gasteiger partial charge in [-0.1, -0.05) is 6.92 Å². The molecule has 0 amide bonds. The molecule has 0 fully saturated rings. The molecule has 2 aromatic rings. The lowest BCUT2D eigenvalue weighted by Gasteiger charge is -2.12. The van der Waals surface area contributed by atoms with Crippen molar-refractivity contribution >= 4 is 45.2 Å². The van der Waals surface area contributed by atoms with Gasteiger partial charge in [-0.2, -0.15) is 18.6 Å². The number of aromatic nitrogens is 2. The first-order chi connectivity index (χ1) is 11.7. The van der Waals surface area contributed by atoms with Crippen LogP contribution in [0.2, 0.25) is 0 Å². The van der Waals surface area contributed by atoms with Gasteiger partial charge in [0.1, 0.15) is 16.9 Å². The molecule has 0 unspecified atom stereocenters. The number of nitrogens with one attached hydrogen (secondary N) is 1. The number of hydrogen-bond donors (Lipinski definition) is 3. The van der Waals surface area contributed by atoms with Crippen molar-refractivity contribution in [2.45, 2.75) is 18.0 Å². The van der Waals surface area contributed by atoms with Crippen LogP contribution >= 0.6 is 27.7 Å². The molecule has 0 spiro atoms. The van der Waals surface area contributed by atoms with Crippen molar-refractivity contribution < 1.29 is 28.5 Å². The molecule has 6 nitrogen and oxygen atoms in total. The predicted octanol–water partition coefficient (Wildman–Crippen LogP) is 3.29. The van der Waals surface area contributed by atoms with Gasteiger partial charge in [0.05, 0.1) is 4.90 Å². The second-order valence-corrected chi connectivity index (χ2v) is 6.90. The number of hydrogen-bond acceptors (Lipinski definition) is 5. The molecule has 0 radical (unpaired) electrons. The number of carboxylic acids is 1. The van der Waals surface area contributed by atoms with E-state index < -0.39 is 17.8 Å². The number of aromatic carboxylic acids is 1. The molecule has 0 bridgehead atoms. The van der Waals surface area contributed by atoms with Crippen molar-refractivity contribution in [1.82, 2.24) is 9.97 Å². The molecule has 25 heavy (non-hydrogen) atoms. The van der Waals surface area contributed by atoms with Crippen LogP contribution in [0.25, 0.3) is 0 Å². The zero-order valence-electron chi connectivity index (χ0n) is 12.8. The summed E-state index contributed by atoms with van der Waals surface area (Å²) in [5.74, 6) is -0.131. The Morgan fingerprint density at radius 2 is 2.08 bits per heavy atom. The van der Waals surface area contributed by atoms with Crippen LogP contribution in [0.3, 0.4) is 0 Å². The number of nitrogens with zero attached hydrogens (tertiary/aromatic N) is 2. The summed E-state index contributed by atoms with van der Waals surface area (Å²) in [6, 6.07) is 2.48. The van der Waals surface area contributed by atoms with E-state index in [1.807, 2.05) is 13.0 Å². The number of carboxylic acid groups (broad SMARTS) is 1. The van der Waals surface area contributed by atoms with Crippen molar-refractivity contribution in [2.24, 2.45) is 0 Å². The van der Waals surface area contributed by atoms with E-state index in [2.05, 4.69) is 31.3 Å². The molecule has 0 saturated carbocycles. The molecule has 134 valence electrons. The first-order valence-electron chi connectivity index (χ1n) is 6.91. The fourth-order valence-electron chi connectivity index (χ4n) is 1.86. The molecule has 0 aliphatic carbocycles. The van der Waals surface area contributed by atoms with Gasteiger partial charge >= 0.3 is 12.1 Å². The number of nitrogens with two attached hydrogens (primary N) is 1. The van der Waals surface area contributed by atoms with Crippen LogP contribution in [-0.2, 0) is 6.18 Å². The molecule has 11 heteroatoms. The highest BCUT2D eigenvalue weighted by Gasteiger charge is 2.33. The third kappa shape index (κ3) is 5.06. The minimum atomic E-state index is -4.67. The quantitative estimate of drug-likeness (QED) is 0.364. The highest BCUT2D eigenvalue weighted by molar-refractivity contribution is 9.10. The Labute approximate surface area is 153 Å². The van der Waals surface area contributed by atoms with Gasteiger partial charge in [-0.05, 0) is 33.8 Å². The van der Waals surface area contributed by atoms with Crippen LogP contribution in [0.15, 0.2) is 33.9 Å². The molecular formula is C14H13BrF3N4O2S+. The first-order valence-corrected chi connectivity index (χ1v) is 8.69. The third-order valence-electron chi connectivity index (χ3n) is 2.94. The zero-order valence-corrected chi connectivity index (χ0v) is 15.2. The highest BCUT2D eigenvalue weighted by Crippen LogP contribution is 2.30. The van der Waals surface area contributed by atoms with E-state index in [0.29, 0.717) is 18.1 Å². The van der Waals surface area contributed by atoms with Crippen molar-refractivity contribution in [3.8, 4) is 0 Å². The Bertz CT molecular complexity index is 789. The molecule has 2 rings (SSSR count). The Balaban J connectivity index is 2.32. The van der Waals surface area contributed by atoms with E-state index in [9.17, 15) is 18.0 Å². The van der Waals surface area contributed by atoms with Crippen molar-refractivity contribution in [3.05, 3.63) is 40.3 Å². The SMILES string of the molecule is CCSc1cc(Br)cnc1[NH2+]Nc1cc(C(F)(F)F)ncc1C(=O)O. The van der Waals surface area contributed by atoms with Crippen LogP contribution in [0.4, 0.5) is 24.7 Å². The van der Waals surface area contributed by atoms with Gasteiger partial charge in [0.2, 0.25) is 0 Å². The van der Waals surface area contributed by atoms with Crippen molar-refractivity contribution in [3.63, 3.8) is 0 Å². The Kier molecular flexibility index (Phi) is 6.25. The van der Waals surface area contributed by atoms with Gasteiger partial charge in [0.15, 0.2) is 0 Å². The zero-order chi connectivity index (χ0) is 18.6. The van der Waals surface area contributed by atoms with Gasteiger partial charge in [-0.15, -0.1) is 11.8 Å². The first kappa shape index (κ1) is 19.5. The Morgan fingerprint density at radius 1 is 1.36 bits per heavy atom. The van der Waals surface area contributed by atoms with E-state index in [1.165, 1.54) is 17.2 Å². The monoisotopic (exact) mass is 437 g/mol. The highest BCUT2D eigenvalue weighted by atomic mass is 79.9. The lowest BCUT2D eigenvalue weighted by Crippen LogP contribution is -2.83. The molecule has 2 heterocycles. The van der Waals surface area contributed by atoms with Crippen molar-refractivity contribution in [2.75, 3.05) is 11.2 Å². The second-order valence-electron chi connectivity index (χ2n) is 4.68. The number of alkyl halides is 3. The Hall–Kier alpha value is -1.85. The Morgan fingerprint density at radius 3 is 2.68 bits per heavy atom. The summed E-state index contributed by atoms with van der Waals surface area (Å²) in [6.07, 6.45) is -2.45. The molecule has 4 N–H and O–H groups in total. The van der Waals surface area contributed by atoms with Gasteiger partial charge < -0.3 is 5.11 Å². The number of carbonyl (C=O) groups is 1. The average molecular weight is 438 g/mol. The maximum Gasteiger partial charge on any atom is 0.433 e.